The number of ether oxygens (including phenoxy) is 1. The van der Waals surface area contributed by atoms with Gasteiger partial charge in [0.1, 0.15) is 18.8 Å². The second kappa shape index (κ2) is 9.19. The molecule has 0 atom stereocenters. The van der Waals surface area contributed by atoms with E-state index in [0.717, 1.165) is 28.2 Å². The van der Waals surface area contributed by atoms with E-state index < -0.39 is 0 Å². The second-order valence-electron chi connectivity index (χ2n) is 7.83. The van der Waals surface area contributed by atoms with Gasteiger partial charge in [-0.05, 0) is 36.8 Å². The normalized spacial score (nSPS) is 12.7. The molecule has 0 fully saturated rings. The molecular formula is C26H24BrN3O3. The number of halogens is 1. The molecule has 5 rings (SSSR count). The number of nitrogens with zero attached hydrogens (tertiary/aromatic N) is 3. The lowest BCUT2D eigenvalue weighted by Crippen LogP contribution is -3.00. The largest absolute Gasteiger partial charge is 1.00 e. The van der Waals surface area contributed by atoms with Crippen LogP contribution in [0.2, 0.25) is 0 Å². The number of benzene rings is 3. The standard InChI is InChI=1S/C26H24N3O3.BrH/c1-3-27-23-15-19(32-2)13-14-22(23)28(16-18-9-5-4-6-10-18)24(27)17-29-25(30)20-11-7-8-12-21(20)26(29)31;/h4-15H,3,16-17H2,1-2H3;1H/q+1;/p-1. The first kappa shape index (κ1) is 22.7. The fraction of sp³-hybridized carbons (Fsp3) is 0.192. The number of imide groups is 1. The molecule has 0 unspecified atom stereocenters. The lowest BCUT2D eigenvalue weighted by molar-refractivity contribution is -0.671. The average molecular weight is 506 g/mol. The Kier molecular flexibility index (Phi) is 6.33. The van der Waals surface area contributed by atoms with Gasteiger partial charge in [-0.2, -0.15) is 0 Å². The Morgan fingerprint density at radius 1 is 0.879 bits per heavy atom. The molecule has 3 aromatic carbocycles. The summed E-state index contributed by atoms with van der Waals surface area (Å²) in [5, 5.41) is 0. The highest BCUT2D eigenvalue weighted by molar-refractivity contribution is 6.21. The molecule has 1 aromatic heterocycles. The number of hydrogen-bond donors (Lipinski definition) is 0. The fourth-order valence-corrected chi connectivity index (χ4v) is 4.49. The maximum atomic E-state index is 13.1. The molecule has 4 aromatic rings. The number of aromatic nitrogens is 2. The van der Waals surface area contributed by atoms with Crippen LogP contribution in [0, 0.1) is 0 Å². The number of rotatable bonds is 6. The average Bonchev–Trinajstić information content (AvgIpc) is 3.26. The number of imidazole rings is 1. The van der Waals surface area contributed by atoms with E-state index in [0.29, 0.717) is 24.2 Å². The summed E-state index contributed by atoms with van der Waals surface area (Å²) in [7, 11) is 1.65. The molecule has 168 valence electrons. The molecule has 0 saturated carbocycles. The summed E-state index contributed by atoms with van der Waals surface area (Å²) < 4.78 is 9.81. The zero-order valence-corrected chi connectivity index (χ0v) is 20.1. The summed E-state index contributed by atoms with van der Waals surface area (Å²) >= 11 is 0. The molecule has 2 amide bonds. The zero-order valence-electron chi connectivity index (χ0n) is 18.5. The quantitative estimate of drug-likeness (QED) is 0.288. The van der Waals surface area contributed by atoms with Crippen molar-refractivity contribution in [2.24, 2.45) is 0 Å². The number of amides is 2. The molecule has 0 radical (unpaired) electrons. The number of methoxy groups -OCH3 is 1. The Morgan fingerprint density at radius 3 is 2.12 bits per heavy atom. The van der Waals surface area contributed by atoms with E-state index in [1.54, 1.807) is 31.4 Å². The molecule has 33 heavy (non-hydrogen) atoms. The first-order valence-corrected chi connectivity index (χ1v) is 10.7. The Labute approximate surface area is 202 Å². The SMILES string of the molecule is CCn1c(CN2C(=O)c3ccccc3C2=O)[n+](Cc2ccccc2)c2ccc(OC)cc21.[Br-]. The summed E-state index contributed by atoms with van der Waals surface area (Å²) in [5.74, 6) is 1.17. The topological polar surface area (TPSA) is 55.4 Å². The van der Waals surface area contributed by atoms with Crippen LogP contribution in [0.4, 0.5) is 0 Å². The number of carbonyl (C=O) groups is 2. The number of carbonyl (C=O) groups excluding carboxylic acids is 2. The monoisotopic (exact) mass is 505 g/mol. The van der Waals surface area contributed by atoms with Crippen molar-refractivity contribution in [3.05, 3.63) is 95.3 Å². The van der Waals surface area contributed by atoms with Crippen LogP contribution in [0.1, 0.15) is 39.0 Å². The van der Waals surface area contributed by atoms with E-state index in [4.69, 9.17) is 4.74 Å². The van der Waals surface area contributed by atoms with E-state index in [1.807, 2.05) is 36.4 Å². The molecule has 0 saturated heterocycles. The lowest BCUT2D eigenvalue weighted by atomic mass is 10.1. The highest BCUT2D eigenvalue weighted by Crippen LogP contribution is 2.26. The van der Waals surface area contributed by atoms with E-state index in [9.17, 15) is 9.59 Å². The number of aryl methyl sites for hydroxylation is 1. The highest BCUT2D eigenvalue weighted by Gasteiger charge is 2.38. The summed E-state index contributed by atoms with van der Waals surface area (Å²) in [6.45, 7) is 3.60. The molecule has 7 heteroatoms. The minimum Gasteiger partial charge on any atom is -1.00 e. The highest BCUT2D eigenvalue weighted by atomic mass is 79.9. The third-order valence-electron chi connectivity index (χ3n) is 6.06. The van der Waals surface area contributed by atoms with Crippen LogP contribution in [-0.4, -0.2) is 28.4 Å². The minimum atomic E-state index is -0.248. The van der Waals surface area contributed by atoms with Crippen molar-refractivity contribution in [1.82, 2.24) is 9.47 Å². The molecule has 1 aliphatic rings. The van der Waals surface area contributed by atoms with Gasteiger partial charge in [0, 0.05) is 6.07 Å². The Balaban J connectivity index is 0.00000259. The Bertz CT molecular complexity index is 1310. The lowest BCUT2D eigenvalue weighted by Gasteiger charge is -2.13. The molecule has 0 bridgehead atoms. The van der Waals surface area contributed by atoms with Gasteiger partial charge < -0.3 is 21.7 Å². The van der Waals surface area contributed by atoms with Gasteiger partial charge >= 0.3 is 0 Å². The Hall–Kier alpha value is -3.45. The zero-order chi connectivity index (χ0) is 22.2. The maximum Gasteiger partial charge on any atom is 0.278 e. The van der Waals surface area contributed by atoms with Crippen LogP contribution < -0.4 is 26.3 Å². The van der Waals surface area contributed by atoms with Crippen LogP contribution >= 0.6 is 0 Å². The molecule has 0 aliphatic carbocycles. The molecule has 0 N–H and O–H groups in total. The van der Waals surface area contributed by atoms with Gasteiger partial charge in [0.25, 0.3) is 17.6 Å². The summed E-state index contributed by atoms with van der Waals surface area (Å²) in [6.07, 6.45) is 0. The van der Waals surface area contributed by atoms with Gasteiger partial charge in [-0.3, -0.25) is 14.5 Å². The first-order chi connectivity index (χ1) is 15.6. The van der Waals surface area contributed by atoms with Gasteiger partial charge in [-0.25, -0.2) is 9.13 Å². The van der Waals surface area contributed by atoms with E-state index in [-0.39, 0.29) is 35.3 Å². The van der Waals surface area contributed by atoms with E-state index in [2.05, 4.69) is 28.2 Å². The molecular weight excluding hydrogens is 482 g/mol. The van der Waals surface area contributed by atoms with Crippen LogP contribution in [0.15, 0.2) is 72.8 Å². The van der Waals surface area contributed by atoms with Gasteiger partial charge in [-0.15, -0.1) is 0 Å². The molecule has 1 aliphatic heterocycles. The third-order valence-corrected chi connectivity index (χ3v) is 6.06. The van der Waals surface area contributed by atoms with Crippen molar-refractivity contribution in [2.75, 3.05) is 7.11 Å². The molecule has 2 heterocycles. The van der Waals surface area contributed by atoms with Crippen LogP contribution in [0.5, 0.6) is 5.75 Å². The van der Waals surface area contributed by atoms with Gasteiger partial charge in [0.15, 0.2) is 11.0 Å². The van der Waals surface area contributed by atoms with Crippen molar-refractivity contribution < 1.29 is 35.9 Å². The molecule has 6 nitrogen and oxygen atoms in total. The van der Waals surface area contributed by atoms with Crippen LogP contribution in [0.3, 0.4) is 0 Å². The summed E-state index contributed by atoms with van der Waals surface area (Å²) in [5.41, 5.74) is 4.12. The third kappa shape index (κ3) is 3.82. The van der Waals surface area contributed by atoms with Crippen LogP contribution in [-0.2, 0) is 19.6 Å². The predicted molar refractivity (Wildman–Crippen MR) is 121 cm³/mol. The molecule has 0 spiro atoms. The minimum absolute atomic E-state index is 0. The van der Waals surface area contributed by atoms with Crippen molar-refractivity contribution in [3.8, 4) is 5.75 Å². The van der Waals surface area contributed by atoms with Crippen molar-refractivity contribution in [1.29, 1.82) is 0 Å². The predicted octanol–water partition coefficient (Wildman–Crippen LogP) is 0.806. The van der Waals surface area contributed by atoms with Gasteiger partial charge in [0.05, 0.1) is 24.8 Å². The van der Waals surface area contributed by atoms with Crippen molar-refractivity contribution in [3.63, 3.8) is 0 Å². The first-order valence-electron chi connectivity index (χ1n) is 10.7. The maximum absolute atomic E-state index is 13.1. The van der Waals surface area contributed by atoms with E-state index >= 15 is 0 Å². The number of hydrogen-bond acceptors (Lipinski definition) is 3. The summed E-state index contributed by atoms with van der Waals surface area (Å²) in [6, 6.07) is 23.2. The number of fused-ring (bicyclic) bond motifs is 2. The van der Waals surface area contributed by atoms with Crippen molar-refractivity contribution in [2.45, 2.75) is 26.6 Å². The summed E-state index contributed by atoms with van der Waals surface area (Å²) in [4.78, 5) is 27.5. The van der Waals surface area contributed by atoms with E-state index in [1.165, 1.54) is 4.90 Å². The van der Waals surface area contributed by atoms with Gasteiger partial charge in [0.2, 0.25) is 0 Å². The second-order valence-corrected chi connectivity index (χ2v) is 7.83. The fourth-order valence-electron chi connectivity index (χ4n) is 4.49. The van der Waals surface area contributed by atoms with Crippen molar-refractivity contribution >= 4 is 22.8 Å². The van der Waals surface area contributed by atoms with Crippen LogP contribution in [0.25, 0.3) is 11.0 Å². The smallest absolute Gasteiger partial charge is 0.278 e. The Morgan fingerprint density at radius 2 is 1.52 bits per heavy atom. The van der Waals surface area contributed by atoms with Gasteiger partial charge in [-0.1, -0.05) is 42.5 Å².